The molecule has 0 spiro atoms. The maximum atomic E-state index is 13.5. The second-order valence-corrected chi connectivity index (χ2v) is 10.5. The Kier molecular flexibility index (Phi) is 6.85. The molecule has 1 aliphatic rings. The number of hydrogen-bond donors (Lipinski definition) is 4. The average molecular weight is 509 g/mol. The van der Waals surface area contributed by atoms with E-state index >= 15 is 0 Å². The van der Waals surface area contributed by atoms with Gasteiger partial charge in [-0.05, 0) is 25.1 Å². The number of anilines is 2. The summed E-state index contributed by atoms with van der Waals surface area (Å²) in [6.45, 7) is 1.64. The van der Waals surface area contributed by atoms with E-state index in [1.165, 1.54) is 36.1 Å². The summed E-state index contributed by atoms with van der Waals surface area (Å²) in [5.74, 6) is 0.114. The van der Waals surface area contributed by atoms with Gasteiger partial charge in [0.05, 0.1) is 18.8 Å². The minimum atomic E-state index is -4.26. The van der Waals surface area contributed by atoms with Gasteiger partial charge in [0.2, 0.25) is 0 Å². The van der Waals surface area contributed by atoms with Crippen LogP contribution in [-0.2, 0) is 26.8 Å². The van der Waals surface area contributed by atoms with Gasteiger partial charge in [0, 0.05) is 25.5 Å². The van der Waals surface area contributed by atoms with Crippen molar-refractivity contribution in [1.29, 1.82) is 0 Å². The van der Waals surface area contributed by atoms with Crippen molar-refractivity contribution in [2.24, 2.45) is 0 Å². The second-order valence-electron chi connectivity index (χ2n) is 6.58. The van der Waals surface area contributed by atoms with Crippen LogP contribution in [0.15, 0.2) is 29.3 Å². The van der Waals surface area contributed by atoms with Crippen molar-refractivity contribution >= 4 is 49.3 Å². The van der Waals surface area contributed by atoms with Gasteiger partial charge in [0.1, 0.15) is 16.7 Å². The number of sulfonamides is 1. The Labute approximate surface area is 189 Å². The molecule has 0 fully saturated rings. The average Bonchev–Trinajstić information content (AvgIpc) is 3.13. The Bertz CT molecular complexity index is 1230. The second kappa shape index (κ2) is 9.11. The Morgan fingerprint density at radius 1 is 1.34 bits per heavy atom. The predicted molar refractivity (Wildman–Crippen MR) is 116 cm³/mol. The van der Waals surface area contributed by atoms with Crippen molar-refractivity contribution < 1.29 is 31.5 Å². The van der Waals surface area contributed by atoms with Crippen LogP contribution in [0.3, 0.4) is 0 Å². The van der Waals surface area contributed by atoms with E-state index in [9.17, 15) is 21.6 Å². The lowest BCUT2D eigenvalue weighted by molar-refractivity contribution is 0.203. The van der Waals surface area contributed by atoms with Crippen LogP contribution in [0.5, 0.6) is 5.75 Å². The molecule has 0 radical (unpaired) electrons. The van der Waals surface area contributed by atoms with E-state index in [1.807, 2.05) is 0 Å². The molecule has 176 valence electrons. The highest BCUT2D eigenvalue weighted by atomic mass is 35.5. The first-order valence-corrected chi connectivity index (χ1v) is 12.5. The van der Waals surface area contributed by atoms with Crippen LogP contribution in [0.1, 0.15) is 6.92 Å². The molecule has 2 aromatic rings. The van der Waals surface area contributed by atoms with Crippen LogP contribution in [0, 0.1) is 0 Å². The predicted octanol–water partition coefficient (Wildman–Crippen LogP) is 0.656. The summed E-state index contributed by atoms with van der Waals surface area (Å²) in [5.41, 5.74) is 0.175. The van der Waals surface area contributed by atoms with Gasteiger partial charge in [-0.1, -0.05) is 11.6 Å². The number of fused-ring (bicyclic) bond motifs is 1. The largest absolute Gasteiger partial charge is 0.485 e. The first-order valence-electron chi connectivity index (χ1n) is 9.21. The van der Waals surface area contributed by atoms with Crippen molar-refractivity contribution in [3.8, 4) is 5.75 Å². The fraction of sp³-hybridized carbons (Fsp3) is 0.375. The highest BCUT2D eigenvalue weighted by Crippen LogP contribution is 2.39. The molecule has 0 saturated heterocycles. The topological polar surface area (TPSA) is 172 Å². The number of nitrogens with one attached hydrogen (secondary N) is 3. The number of carboxylic acid groups (broad SMARTS) is 1. The molecule has 0 aliphatic carbocycles. The first-order chi connectivity index (χ1) is 15.0. The monoisotopic (exact) mass is 508 g/mol. The standard InChI is InChI=1S/C16H21ClN6O7S2/c1-3-22-9-14(15(17)21-22)31(26,27)23-8-11(7-19-32(28,29)18-2)30-13-5-4-10(6-12(13)23)20-16(24)25/h4-6,9,11,18-20H,3,7-8H2,1-2H3,(H,24,25). The van der Waals surface area contributed by atoms with Crippen LogP contribution in [0.2, 0.25) is 5.15 Å². The van der Waals surface area contributed by atoms with E-state index < -0.39 is 32.4 Å². The maximum absolute atomic E-state index is 13.5. The van der Waals surface area contributed by atoms with Crippen LogP contribution in [-0.4, -0.2) is 64.1 Å². The number of rotatable bonds is 8. The number of carbonyl (C=O) groups is 1. The quantitative estimate of drug-likeness (QED) is 0.402. The zero-order chi connectivity index (χ0) is 23.7. The molecular weight excluding hydrogens is 488 g/mol. The lowest BCUT2D eigenvalue weighted by Crippen LogP contribution is -2.49. The summed E-state index contributed by atoms with van der Waals surface area (Å²) >= 11 is 6.07. The normalized spacial score (nSPS) is 16.3. The molecule has 1 atom stereocenters. The van der Waals surface area contributed by atoms with Gasteiger partial charge in [-0.25, -0.2) is 17.9 Å². The molecule has 0 bridgehead atoms. The SMILES string of the molecule is CCn1cc(S(=O)(=O)N2CC(CNS(=O)(=O)NC)Oc3ccc(NC(=O)O)cc32)c(Cl)n1. The van der Waals surface area contributed by atoms with Gasteiger partial charge in [0.15, 0.2) is 5.15 Å². The summed E-state index contributed by atoms with van der Waals surface area (Å²) in [5, 5.41) is 14.9. The number of halogens is 1. The molecule has 4 N–H and O–H groups in total. The molecule has 1 unspecified atom stereocenters. The van der Waals surface area contributed by atoms with Gasteiger partial charge in [-0.2, -0.15) is 18.2 Å². The lowest BCUT2D eigenvalue weighted by atomic mass is 10.2. The van der Waals surface area contributed by atoms with Crippen LogP contribution < -0.4 is 23.8 Å². The van der Waals surface area contributed by atoms with E-state index in [0.29, 0.717) is 6.54 Å². The van der Waals surface area contributed by atoms with E-state index in [2.05, 4.69) is 19.9 Å². The van der Waals surface area contributed by atoms with E-state index in [0.717, 1.165) is 4.31 Å². The number of aromatic nitrogens is 2. The number of hydrogen-bond acceptors (Lipinski definition) is 7. The van der Waals surface area contributed by atoms with E-state index in [4.69, 9.17) is 21.4 Å². The molecule has 16 heteroatoms. The zero-order valence-electron chi connectivity index (χ0n) is 16.9. The molecule has 3 rings (SSSR count). The van der Waals surface area contributed by atoms with Crippen molar-refractivity contribution in [1.82, 2.24) is 19.2 Å². The number of aryl methyl sites for hydroxylation is 1. The van der Waals surface area contributed by atoms with Crippen LogP contribution >= 0.6 is 11.6 Å². The van der Waals surface area contributed by atoms with Crippen molar-refractivity contribution in [3.63, 3.8) is 0 Å². The van der Waals surface area contributed by atoms with Crippen LogP contribution in [0.4, 0.5) is 16.2 Å². The van der Waals surface area contributed by atoms with Crippen molar-refractivity contribution in [2.45, 2.75) is 24.5 Å². The van der Waals surface area contributed by atoms with E-state index in [-0.39, 0.29) is 40.3 Å². The Balaban J connectivity index is 2.04. The smallest absolute Gasteiger partial charge is 0.409 e. The molecule has 2 heterocycles. The Hall–Kier alpha value is -2.59. The molecule has 1 amide bonds. The summed E-state index contributed by atoms with van der Waals surface area (Å²) in [4.78, 5) is 10.8. The third kappa shape index (κ3) is 5.07. The maximum Gasteiger partial charge on any atom is 0.409 e. The first kappa shape index (κ1) is 24.1. The highest BCUT2D eigenvalue weighted by molar-refractivity contribution is 7.93. The number of amides is 1. The number of ether oxygens (including phenoxy) is 1. The summed E-state index contributed by atoms with van der Waals surface area (Å²) in [7, 11) is -6.83. The Morgan fingerprint density at radius 3 is 2.66 bits per heavy atom. The third-order valence-corrected chi connectivity index (χ3v) is 7.75. The Morgan fingerprint density at radius 2 is 2.06 bits per heavy atom. The number of benzene rings is 1. The van der Waals surface area contributed by atoms with Crippen molar-refractivity contribution in [3.05, 3.63) is 29.5 Å². The van der Waals surface area contributed by atoms with Gasteiger partial charge in [-0.3, -0.25) is 14.3 Å². The fourth-order valence-corrected chi connectivity index (χ4v) is 5.45. The molecule has 13 nitrogen and oxygen atoms in total. The minimum absolute atomic E-state index is 0.0595. The van der Waals surface area contributed by atoms with Crippen molar-refractivity contribution in [2.75, 3.05) is 29.8 Å². The van der Waals surface area contributed by atoms with Gasteiger partial charge in [-0.15, -0.1) is 0 Å². The van der Waals surface area contributed by atoms with Crippen LogP contribution in [0.25, 0.3) is 0 Å². The van der Waals surface area contributed by atoms with Gasteiger partial charge < -0.3 is 9.84 Å². The molecular formula is C16H21ClN6O7S2. The molecule has 0 saturated carbocycles. The number of nitrogens with zero attached hydrogens (tertiary/aromatic N) is 3. The highest BCUT2D eigenvalue weighted by Gasteiger charge is 2.37. The van der Waals surface area contributed by atoms with Gasteiger partial charge >= 0.3 is 6.09 Å². The molecule has 32 heavy (non-hydrogen) atoms. The minimum Gasteiger partial charge on any atom is -0.485 e. The lowest BCUT2D eigenvalue weighted by Gasteiger charge is -2.35. The fourth-order valence-electron chi connectivity index (χ4n) is 2.96. The summed E-state index contributed by atoms with van der Waals surface area (Å²) < 4.78 is 62.9. The van der Waals surface area contributed by atoms with E-state index in [1.54, 1.807) is 6.92 Å². The molecule has 1 aromatic heterocycles. The summed E-state index contributed by atoms with van der Waals surface area (Å²) in [6.07, 6.45) is -0.938. The molecule has 1 aromatic carbocycles. The zero-order valence-corrected chi connectivity index (χ0v) is 19.3. The van der Waals surface area contributed by atoms with Gasteiger partial charge in [0.25, 0.3) is 20.2 Å². The summed E-state index contributed by atoms with van der Waals surface area (Å²) in [6, 6.07) is 4.08. The third-order valence-electron chi connectivity index (χ3n) is 4.49. The molecule has 1 aliphatic heterocycles.